The van der Waals surface area contributed by atoms with Crippen LogP contribution in [0.5, 0.6) is 0 Å². The second kappa shape index (κ2) is 8.03. The lowest BCUT2D eigenvalue weighted by Crippen LogP contribution is -2.44. The summed E-state index contributed by atoms with van der Waals surface area (Å²) in [5.41, 5.74) is 7.71. The van der Waals surface area contributed by atoms with E-state index in [1.54, 1.807) is 21.6 Å². The van der Waals surface area contributed by atoms with Crippen molar-refractivity contribution in [1.82, 2.24) is 30.8 Å². The van der Waals surface area contributed by atoms with Gasteiger partial charge in [-0.05, 0) is 52.5 Å². The topological polar surface area (TPSA) is 95.8 Å². The predicted molar refractivity (Wildman–Crippen MR) is 102 cm³/mol. The Labute approximate surface area is 162 Å². The van der Waals surface area contributed by atoms with Crippen LogP contribution in [0.15, 0.2) is 18.3 Å². The number of fused-ring (bicyclic) bond motifs is 1. The van der Waals surface area contributed by atoms with Gasteiger partial charge < -0.3 is 16.0 Å². The first kappa shape index (κ1) is 18.5. The summed E-state index contributed by atoms with van der Waals surface area (Å²) >= 11 is 0. The van der Waals surface area contributed by atoms with Crippen molar-refractivity contribution in [3.05, 3.63) is 46.9 Å². The van der Waals surface area contributed by atoms with Gasteiger partial charge in [0.1, 0.15) is 17.3 Å². The maximum Gasteiger partial charge on any atom is 0.222 e. The van der Waals surface area contributed by atoms with Gasteiger partial charge in [-0.1, -0.05) is 10.8 Å². The molecule has 1 aliphatic carbocycles. The molecule has 2 atom stereocenters. The summed E-state index contributed by atoms with van der Waals surface area (Å²) in [5, 5.41) is 17.7. The molecule has 0 saturated carbocycles. The van der Waals surface area contributed by atoms with Gasteiger partial charge in [0, 0.05) is 30.6 Å². The van der Waals surface area contributed by atoms with E-state index in [1.807, 2.05) is 6.20 Å². The van der Waals surface area contributed by atoms with Gasteiger partial charge in [0.2, 0.25) is 5.82 Å². The molecule has 1 aromatic carbocycles. The van der Waals surface area contributed by atoms with Crippen LogP contribution in [-0.2, 0) is 12.8 Å². The van der Waals surface area contributed by atoms with Gasteiger partial charge in [-0.15, -0.1) is 10.2 Å². The SMILES string of the molecule is NCCSSC1NC=C(c2nn[nH]n2)N1C1CCc2c(F)cc(F)cc2C1. The third-order valence-electron chi connectivity index (χ3n) is 4.66. The molecule has 1 aliphatic heterocycles. The van der Waals surface area contributed by atoms with E-state index in [1.165, 1.54) is 6.07 Å². The first-order valence-electron chi connectivity index (χ1n) is 8.61. The smallest absolute Gasteiger partial charge is 0.222 e. The average Bonchev–Trinajstić information content (AvgIpc) is 3.30. The van der Waals surface area contributed by atoms with Crippen LogP contribution >= 0.6 is 21.6 Å². The zero-order valence-corrected chi connectivity index (χ0v) is 16.0. The third-order valence-corrected chi connectivity index (χ3v) is 7.20. The number of hydrogen-bond acceptors (Lipinski definition) is 8. The van der Waals surface area contributed by atoms with Crippen LogP contribution < -0.4 is 11.1 Å². The van der Waals surface area contributed by atoms with Crippen molar-refractivity contribution >= 4 is 27.3 Å². The number of aromatic amines is 1. The average molecular weight is 412 g/mol. The van der Waals surface area contributed by atoms with Crippen molar-refractivity contribution in [2.45, 2.75) is 30.8 Å². The largest absolute Gasteiger partial charge is 0.360 e. The fourth-order valence-electron chi connectivity index (χ4n) is 3.53. The number of aromatic nitrogens is 4. The molecule has 0 spiro atoms. The van der Waals surface area contributed by atoms with Crippen LogP contribution in [0.1, 0.15) is 23.4 Å². The molecule has 4 rings (SSSR count). The van der Waals surface area contributed by atoms with E-state index in [-0.39, 0.29) is 11.5 Å². The highest BCUT2D eigenvalue weighted by Crippen LogP contribution is 2.39. The maximum atomic E-state index is 14.1. The molecule has 11 heteroatoms. The van der Waals surface area contributed by atoms with Crippen LogP contribution in [0, 0.1) is 11.6 Å². The predicted octanol–water partition coefficient (Wildman–Crippen LogP) is 1.86. The van der Waals surface area contributed by atoms with Crippen LogP contribution in [0.4, 0.5) is 8.78 Å². The van der Waals surface area contributed by atoms with Gasteiger partial charge in [0.15, 0.2) is 5.50 Å². The Morgan fingerprint density at radius 2 is 2.22 bits per heavy atom. The number of benzene rings is 1. The van der Waals surface area contributed by atoms with Crippen molar-refractivity contribution in [3.8, 4) is 0 Å². The Morgan fingerprint density at radius 1 is 1.33 bits per heavy atom. The monoisotopic (exact) mass is 411 g/mol. The maximum absolute atomic E-state index is 14.1. The molecule has 7 nitrogen and oxygen atoms in total. The Hall–Kier alpha value is -1.85. The fourth-order valence-corrected chi connectivity index (χ4v) is 5.76. The normalized spacial score (nSPS) is 21.7. The van der Waals surface area contributed by atoms with E-state index < -0.39 is 11.6 Å². The molecule has 0 amide bonds. The fraction of sp³-hybridized carbons (Fsp3) is 0.438. The van der Waals surface area contributed by atoms with E-state index in [2.05, 4.69) is 30.8 Å². The van der Waals surface area contributed by atoms with Crippen molar-refractivity contribution < 1.29 is 8.78 Å². The Bertz CT molecular complexity index is 830. The van der Waals surface area contributed by atoms with Gasteiger partial charge >= 0.3 is 0 Å². The van der Waals surface area contributed by atoms with E-state index in [4.69, 9.17) is 5.73 Å². The van der Waals surface area contributed by atoms with Gasteiger partial charge in [-0.25, -0.2) is 8.78 Å². The summed E-state index contributed by atoms with van der Waals surface area (Å²) in [7, 11) is 3.34. The van der Waals surface area contributed by atoms with Crippen LogP contribution in [-0.4, -0.2) is 49.4 Å². The zero-order chi connectivity index (χ0) is 18.8. The van der Waals surface area contributed by atoms with Crippen molar-refractivity contribution in [2.24, 2.45) is 5.73 Å². The number of tetrazole rings is 1. The second-order valence-electron chi connectivity index (χ2n) is 6.32. The highest BCUT2D eigenvalue weighted by atomic mass is 33.1. The van der Waals surface area contributed by atoms with Gasteiger partial charge in [-0.2, -0.15) is 5.21 Å². The molecule has 0 fully saturated rings. The number of nitrogens with one attached hydrogen (secondary N) is 2. The highest BCUT2D eigenvalue weighted by molar-refractivity contribution is 8.76. The summed E-state index contributed by atoms with van der Waals surface area (Å²) < 4.78 is 27.8. The lowest BCUT2D eigenvalue weighted by Gasteiger charge is -2.38. The van der Waals surface area contributed by atoms with Crippen molar-refractivity contribution in [2.75, 3.05) is 12.3 Å². The lowest BCUT2D eigenvalue weighted by atomic mass is 9.87. The summed E-state index contributed by atoms with van der Waals surface area (Å²) in [6, 6.07) is 2.47. The molecule has 144 valence electrons. The Morgan fingerprint density at radius 3 is 3.00 bits per heavy atom. The third kappa shape index (κ3) is 3.76. The van der Waals surface area contributed by atoms with E-state index in [9.17, 15) is 8.78 Å². The van der Waals surface area contributed by atoms with Gasteiger partial charge in [0.05, 0.1) is 0 Å². The Kier molecular flexibility index (Phi) is 5.50. The molecule has 1 aromatic heterocycles. The van der Waals surface area contributed by atoms with Gasteiger partial charge in [0.25, 0.3) is 0 Å². The van der Waals surface area contributed by atoms with Crippen LogP contribution in [0.3, 0.4) is 0 Å². The van der Waals surface area contributed by atoms with Crippen molar-refractivity contribution in [1.29, 1.82) is 0 Å². The van der Waals surface area contributed by atoms with E-state index in [0.29, 0.717) is 30.8 Å². The number of rotatable bonds is 6. The standard InChI is InChI=1S/C16H19F2N7S2/c17-10-5-9-6-11(1-2-12(9)13(18)7-10)25-14(15-21-23-24-22-15)8-20-16(25)27-26-4-3-19/h5,7-8,11,16,20H,1-4,6,19H2,(H,21,22,23,24). The summed E-state index contributed by atoms with van der Waals surface area (Å²) in [4.78, 5) is 2.19. The van der Waals surface area contributed by atoms with E-state index in [0.717, 1.165) is 29.5 Å². The first-order valence-corrected chi connectivity index (χ1v) is 11.0. The molecule has 0 bridgehead atoms. The van der Waals surface area contributed by atoms with E-state index >= 15 is 0 Å². The number of hydrogen-bond donors (Lipinski definition) is 3. The molecule has 0 saturated heterocycles. The highest BCUT2D eigenvalue weighted by Gasteiger charge is 2.37. The van der Waals surface area contributed by atoms with Crippen LogP contribution in [0.25, 0.3) is 5.70 Å². The molecule has 0 radical (unpaired) electrons. The van der Waals surface area contributed by atoms with Gasteiger partial charge in [-0.3, -0.25) is 0 Å². The zero-order valence-electron chi connectivity index (χ0n) is 14.4. The number of nitrogens with two attached hydrogens (primary N) is 1. The summed E-state index contributed by atoms with van der Waals surface area (Å²) in [6.07, 6.45) is 3.74. The van der Waals surface area contributed by atoms with Crippen LogP contribution in [0.2, 0.25) is 0 Å². The number of halogens is 2. The molecule has 2 unspecified atom stereocenters. The second-order valence-corrected chi connectivity index (χ2v) is 8.89. The summed E-state index contributed by atoms with van der Waals surface area (Å²) in [5.74, 6) is 0.329. The quantitative estimate of drug-likeness (QED) is 0.490. The molecule has 4 N–H and O–H groups in total. The number of nitrogens with zero attached hydrogens (tertiary/aromatic N) is 4. The first-order chi connectivity index (χ1) is 13.2. The number of H-pyrrole nitrogens is 1. The minimum absolute atomic E-state index is 0.0417. The minimum atomic E-state index is -0.537. The molecule has 2 aromatic rings. The molecular formula is C16H19F2N7S2. The molecule has 2 aliphatic rings. The summed E-state index contributed by atoms with van der Waals surface area (Å²) in [6.45, 7) is 0.602. The lowest BCUT2D eigenvalue weighted by molar-refractivity contribution is 0.255. The Balaban J connectivity index is 1.60. The molecular weight excluding hydrogens is 392 g/mol. The molecule has 27 heavy (non-hydrogen) atoms. The van der Waals surface area contributed by atoms with Crippen molar-refractivity contribution in [3.63, 3.8) is 0 Å². The molecule has 2 heterocycles. The minimum Gasteiger partial charge on any atom is -0.360 e.